The Kier molecular flexibility index (Phi) is 6.20. The number of benzene rings is 2. The van der Waals surface area contributed by atoms with Crippen molar-refractivity contribution < 1.29 is 9.53 Å². The van der Waals surface area contributed by atoms with Crippen LogP contribution in [0.4, 0.5) is 5.69 Å². The Labute approximate surface area is 160 Å². The first kappa shape index (κ1) is 18.8. The molecule has 3 nitrogen and oxygen atoms in total. The molecule has 0 aromatic heterocycles. The van der Waals surface area contributed by atoms with E-state index in [1.165, 1.54) is 0 Å². The Morgan fingerprint density at radius 1 is 1.12 bits per heavy atom. The van der Waals surface area contributed by atoms with Gasteiger partial charge >= 0.3 is 0 Å². The lowest BCUT2D eigenvalue weighted by atomic mass is 9.78. The molecule has 3 rings (SSSR count). The molecule has 0 bridgehead atoms. The van der Waals surface area contributed by atoms with Crippen molar-refractivity contribution >= 4 is 23.2 Å². The van der Waals surface area contributed by atoms with Gasteiger partial charge in [-0.3, -0.25) is 4.79 Å². The van der Waals surface area contributed by atoms with E-state index in [0.717, 1.165) is 62.1 Å². The van der Waals surface area contributed by atoms with Gasteiger partial charge in [-0.25, -0.2) is 0 Å². The van der Waals surface area contributed by atoms with Gasteiger partial charge in [0.15, 0.2) is 0 Å². The van der Waals surface area contributed by atoms with E-state index in [2.05, 4.69) is 12.2 Å². The van der Waals surface area contributed by atoms with Crippen molar-refractivity contribution in [2.24, 2.45) is 0 Å². The summed E-state index contributed by atoms with van der Waals surface area (Å²) in [4.78, 5) is 13.2. The van der Waals surface area contributed by atoms with Crippen LogP contribution >= 0.6 is 11.6 Å². The van der Waals surface area contributed by atoms with Crippen molar-refractivity contribution in [3.8, 4) is 5.75 Å². The molecule has 4 heteroatoms. The van der Waals surface area contributed by atoms with Gasteiger partial charge in [-0.05, 0) is 55.2 Å². The average Bonchev–Trinajstić information content (AvgIpc) is 3.15. The Bertz CT molecular complexity index is 736. The standard InChI is InChI=1S/C22H26ClNO2/c1-2-3-16-26-18-12-10-17(11-13-18)24-21(25)22(14-6-7-15-22)19-8-4-5-9-20(19)23/h4-5,8-13H,2-3,6-7,14-16H2,1H3,(H,24,25). The second-order valence-electron chi connectivity index (χ2n) is 6.95. The summed E-state index contributed by atoms with van der Waals surface area (Å²) in [6.45, 7) is 2.86. The highest BCUT2D eigenvalue weighted by molar-refractivity contribution is 6.31. The summed E-state index contributed by atoms with van der Waals surface area (Å²) in [6, 6.07) is 15.3. The summed E-state index contributed by atoms with van der Waals surface area (Å²) in [5.41, 5.74) is 1.20. The first-order chi connectivity index (χ1) is 12.7. The molecule has 1 fully saturated rings. The number of hydrogen-bond acceptors (Lipinski definition) is 2. The third kappa shape index (κ3) is 4.04. The van der Waals surface area contributed by atoms with Gasteiger partial charge in [0.05, 0.1) is 12.0 Å². The maximum Gasteiger partial charge on any atom is 0.235 e. The minimum Gasteiger partial charge on any atom is -0.494 e. The fraction of sp³-hybridized carbons (Fsp3) is 0.409. The van der Waals surface area contributed by atoms with Gasteiger partial charge in [-0.15, -0.1) is 0 Å². The van der Waals surface area contributed by atoms with Crippen LogP contribution in [-0.4, -0.2) is 12.5 Å². The largest absolute Gasteiger partial charge is 0.494 e. The van der Waals surface area contributed by atoms with Crippen molar-refractivity contribution in [2.45, 2.75) is 50.9 Å². The van der Waals surface area contributed by atoms with Crippen LogP contribution < -0.4 is 10.1 Å². The number of carbonyl (C=O) groups is 1. The van der Waals surface area contributed by atoms with E-state index in [1.807, 2.05) is 48.5 Å². The Morgan fingerprint density at radius 3 is 2.46 bits per heavy atom. The van der Waals surface area contributed by atoms with Crippen molar-refractivity contribution in [3.05, 3.63) is 59.1 Å². The van der Waals surface area contributed by atoms with Crippen LogP contribution in [0.2, 0.25) is 5.02 Å². The van der Waals surface area contributed by atoms with E-state index in [9.17, 15) is 4.79 Å². The second kappa shape index (κ2) is 8.59. The number of anilines is 1. The summed E-state index contributed by atoms with van der Waals surface area (Å²) in [5, 5.41) is 3.76. The molecule has 0 atom stereocenters. The molecule has 2 aromatic carbocycles. The van der Waals surface area contributed by atoms with E-state index in [4.69, 9.17) is 16.3 Å². The molecule has 0 saturated heterocycles. The van der Waals surface area contributed by atoms with Gasteiger partial charge in [0, 0.05) is 10.7 Å². The molecule has 138 valence electrons. The normalized spacial score (nSPS) is 15.6. The second-order valence-corrected chi connectivity index (χ2v) is 7.36. The van der Waals surface area contributed by atoms with Crippen molar-refractivity contribution in [2.75, 3.05) is 11.9 Å². The summed E-state index contributed by atoms with van der Waals surface area (Å²) in [6.07, 6.45) is 5.91. The molecular formula is C22H26ClNO2. The number of unbranched alkanes of at least 4 members (excludes halogenated alkanes) is 1. The highest BCUT2D eigenvalue weighted by Crippen LogP contribution is 2.44. The fourth-order valence-electron chi connectivity index (χ4n) is 3.67. The summed E-state index contributed by atoms with van der Waals surface area (Å²) < 4.78 is 5.68. The minimum atomic E-state index is -0.533. The highest BCUT2D eigenvalue weighted by atomic mass is 35.5. The molecule has 1 saturated carbocycles. The van der Waals surface area contributed by atoms with Crippen molar-refractivity contribution in [1.29, 1.82) is 0 Å². The lowest BCUT2D eigenvalue weighted by molar-refractivity contribution is -0.121. The molecule has 1 amide bonds. The van der Waals surface area contributed by atoms with Crippen LogP contribution in [-0.2, 0) is 10.2 Å². The fourth-order valence-corrected chi connectivity index (χ4v) is 3.98. The molecule has 0 aliphatic heterocycles. The number of nitrogens with one attached hydrogen (secondary N) is 1. The molecule has 0 heterocycles. The number of ether oxygens (including phenoxy) is 1. The third-order valence-electron chi connectivity index (χ3n) is 5.16. The molecule has 26 heavy (non-hydrogen) atoms. The van der Waals surface area contributed by atoms with Gasteiger partial charge in [-0.2, -0.15) is 0 Å². The van der Waals surface area contributed by atoms with E-state index in [1.54, 1.807) is 0 Å². The molecule has 2 aromatic rings. The van der Waals surface area contributed by atoms with E-state index < -0.39 is 5.41 Å². The topological polar surface area (TPSA) is 38.3 Å². The van der Waals surface area contributed by atoms with Gasteiger partial charge in [0.1, 0.15) is 5.75 Å². The van der Waals surface area contributed by atoms with Crippen LogP contribution in [0, 0.1) is 0 Å². The minimum absolute atomic E-state index is 0.0303. The van der Waals surface area contributed by atoms with Crippen LogP contribution in [0.15, 0.2) is 48.5 Å². The zero-order valence-corrected chi connectivity index (χ0v) is 16.0. The number of rotatable bonds is 7. The van der Waals surface area contributed by atoms with Gasteiger partial charge in [-0.1, -0.05) is 56.0 Å². The van der Waals surface area contributed by atoms with Gasteiger partial charge in [0.25, 0.3) is 0 Å². The smallest absolute Gasteiger partial charge is 0.235 e. The highest BCUT2D eigenvalue weighted by Gasteiger charge is 2.43. The van der Waals surface area contributed by atoms with E-state index in [-0.39, 0.29) is 5.91 Å². The molecular weight excluding hydrogens is 346 g/mol. The molecule has 0 radical (unpaired) electrons. The van der Waals surface area contributed by atoms with Crippen LogP contribution in [0.1, 0.15) is 51.0 Å². The van der Waals surface area contributed by atoms with E-state index >= 15 is 0 Å². The number of amides is 1. The predicted octanol–water partition coefficient (Wildman–Crippen LogP) is 5.97. The van der Waals surface area contributed by atoms with Crippen molar-refractivity contribution in [1.82, 2.24) is 0 Å². The zero-order chi connectivity index (χ0) is 18.4. The van der Waals surface area contributed by atoms with E-state index in [0.29, 0.717) is 5.02 Å². The molecule has 1 N–H and O–H groups in total. The predicted molar refractivity (Wildman–Crippen MR) is 107 cm³/mol. The Morgan fingerprint density at radius 2 is 1.81 bits per heavy atom. The monoisotopic (exact) mass is 371 g/mol. The maximum absolute atomic E-state index is 13.2. The van der Waals surface area contributed by atoms with Crippen LogP contribution in [0.25, 0.3) is 0 Å². The molecule has 0 unspecified atom stereocenters. The number of hydrogen-bond donors (Lipinski definition) is 1. The van der Waals surface area contributed by atoms with Crippen LogP contribution in [0.5, 0.6) is 5.75 Å². The SMILES string of the molecule is CCCCOc1ccc(NC(=O)C2(c3ccccc3Cl)CCCC2)cc1. The lowest BCUT2D eigenvalue weighted by Gasteiger charge is -2.29. The van der Waals surface area contributed by atoms with Gasteiger partial charge in [0.2, 0.25) is 5.91 Å². The average molecular weight is 372 g/mol. The first-order valence-electron chi connectivity index (χ1n) is 9.45. The van der Waals surface area contributed by atoms with Crippen molar-refractivity contribution in [3.63, 3.8) is 0 Å². The number of carbonyl (C=O) groups excluding carboxylic acids is 1. The lowest BCUT2D eigenvalue weighted by Crippen LogP contribution is -2.38. The zero-order valence-electron chi connectivity index (χ0n) is 15.3. The third-order valence-corrected chi connectivity index (χ3v) is 5.49. The Balaban J connectivity index is 1.74. The quantitative estimate of drug-likeness (QED) is 0.609. The molecule has 0 spiro atoms. The molecule has 1 aliphatic carbocycles. The molecule has 1 aliphatic rings. The summed E-state index contributed by atoms with van der Waals surface area (Å²) >= 11 is 6.43. The Hall–Kier alpha value is -2.00. The summed E-state index contributed by atoms with van der Waals surface area (Å²) in [5.74, 6) is 0.862. The first-order valence-corrected chi connectivity index (χ1v) is 9.83. The van der Waals surface area contributed by atoms with Crippen LogP contribution in [0.3, 0.4) is 0 Å². The summed E-state index contributed by atoms with van der Waals surface area (Å²) in [7, 11) is 0. The maximum atomic E-state index is 13.2. The number of halogens is 1. The van der Waals surface area contributed by atoms with Gasteiger partial charge < -0.3 is 10.1 Å².